The van der Waals surface area contributed by atoms with E-state index < -0.39 is 0 Å². The lowest BCUT2D eigenvalue weighted by Gasteiger charge is -2.36. The molecular formula is C24H26O2S. The van der Waals surface area contributed by atoms with E-state index in [1.54, 1.807) is 14.2 Å². The van der Waals surface area contributed by atoms with E-state index in [4.69, 9.17) is 9.47 Å². The lowest BCUT2D eigenvalue weighted by atomic mass is 9.67. The van der Waals surface area contributed by atoms with E-state index in [-0.39, 0.29) is 5.41 Å². The summed E-state index contributed by atoms with van der Waals surface area (Å²) in [6, 6.07) is 27.6. The summed E-state index contributed by atoms with van der Waals surface area (Å²) in [5, 5.41) is 0. The Morgan fingerprint density at radius 2 is 1.11 bits per heavy atom. The molecule has 140 valence electrons. The van der Waals surface area contributed by atoms with Crippen LogP contribution >= 0.6 is 12.6 Å². The molecule has 0 heterocycles. The maximum absolute atomic E-state index is 5.38. The third-order valence-corrected chi connectivity index (χ3v) is 5.46. The van der Waals surface area contributed by atoms with E-state index in [1.807, 2.05) is 24.3 Å². The van der Waals surface area contributed by atoms with Crippen molar-refractivity contribution in [3.63, 3.8) is 0 Å². The molecule has 0 aromatic heterocycles. The summed E-state index contributed by atoms with van der Waals surface area (Å²) >= 11 is 4.49. The van der Waals surface area contributed by atoms with Crippen LogP contribution < -0.4 is 9.47 Å². The molecule has 3 rings (SSSR count). The van der Waals surface area contributed by atoms with Gasteiger partial charge in [-0.1, -0.05) is 54.6 Å². The zero-order valence-corrected chi connectivity index (χ0v) is 16.8. The fraction of sp³-hybridized carbons (Fsp3) is 0.250. The van der Waals surface area contributed by atoms with Gasteiger partial charge in [0, 0.05) is 5.41 Å². The Balaban J connectivity index is 2.22. The first-order valence-electron chi connectivity index (χ1n) is 9.20. The SMILES string of the molecule is COc1ccc(C(CCCS)(c2ccccc2)c2ccc(OC)cc2)cc1. The first-order chi connectivity index (χ1) is 13.2. The van der Waals surface area contributed by atoms with Crippen molar-refractivity contribution in [2.45, 2.75) is 18.3 Å². The summed E-state index contributed by atoms with van der Waals surface area (Å²) in [7, 11) is 3.40. The second-order valence-electron chi connectivity index (χ2n) is 6.56. The van der Waals surface area contributed by atoms with Crippen molar-refractivity contribution in [1.29, 1.82) is 0 Å². The third kappa shape index (κ3) is 3.98. The summed E-state index contributed by atoms with van der Waals surface area (Å²) in [5.74, 6) is 2.58. The highest BCUT2D eigenvalue weighted by Crippen LogP contribution is 2.44. The highest BCUT2D eigenvalue weighted by molar-refractivity contribution is 7.80. The maximum Gasteiger partial charge on any atom is 0.118 e. The molecule has 0 saturated carbocycles. The summed E-state index contributed by atoms with van der Waals surface area (Å²) in [4.78, 5) is 0. The second-order valence-corrected chi connectivity index (χ2v) is 7.00. The first kappa shape index (κ1) is 19.4. The zero-order chi connectivity index (χ0) is 19.1. The van der Waals surface area contributed by atoms with Gasteiger partial charge in [-0.3, -0.25) is 0 Å². The number of ether oxygens (including phenoxy) is 2. The Kier molecular flexibility index (Phi) is 6.46. The standard InChI is InChI=1S/C24H26O2S/c1-25-22-13-9-20(10-14-22)24(17-6-18-27,19-7-4-3-5-8-19)21-11-15-23(26-2)16-12-21/h3-5,7-16,27H,6,17-18H2,1-2H3. The molecule has 0 N–H and O–H groups in total. The van der Waals surface area contributed by atoms with Crippen molar-refractivity contribution < 1.29 is 9.47 Å². The fourth-order valence-corrected chi connectivity index (χ4v) is 3.91. The molecular weight excluding hydrogens is 352 g/mol. The molecule has 2 nitrogen and oxygen atoms in total. The Labute approximate surface area is 167 Å². The topological polar surface area (TPSA) is 18.5 Å². The predicted molar refractivity (Wildman–Crippen MR) is 115 cm³/mol. The van der Waals surface area contributed by atoms with Crippen molar-refractivity contribution in [3.8, 4) is 11.5 Å². The lowest BCUT2D eigenvalue weighted by molar-refractivity contribution is 0.413. The normalized spacial score (nSPS) is 11.2. The Bertz CT molecular complexity index is 779. The molecule has 0 atom stereocenters. The monoisotopic (exact) mass is 378 g/mol. The summed E-state index contributed by atoms with van der Waals surface area (Å²) in [5.41, 5.74) is 3.53. The largest absolute Gasteiger partial charge is 0.497 e. The molecule has 0 radical (unpaired) electrons. The number of thiol groups is 1. The van der Waals surface area contributed by atoms with Crippen LogP contribution in [-0.2, 0) is 5.41 Å². The molecule has 3 aromatic carbocycles. The molecule has 27 heavy (non-hydrogen) atoms. The van der Waals surface area contributed by atoms with Gasteiger partial charge in [0.1, 0.15) is 11.5 Å². The number of hydrogen-bond donors (Lipinski definition) is 1. The van der Waals surface area contributed by atoms with Gasteiger partial charge >= 0.3 is 0 Å². The van der Waals surface area contributed by atoms with Crippen LogP contribution in [0.1, 0.15) is 29.5 Å². The molecule has 0 bridgehead atoms. The van der Waals surface area contributed by atoms with Crippen LogP contribution in [0.3, 0.4) is 0 Å². The van der Waals surface area contributed by atoms with E-state index >= 15 is 0 Å². The van der Waals surface area contributed by atoms with Crippen molar-refractivity contribution in [1.82, 2.24) is 0 Å². The predicted octanol–water partition coefficient (Wildman–Crippen LogP) is 5.75. The van der Waals surface area contributed by atoms with E-state index in [1.165, 1.54) is 16.7 Å². The third-order valence-electron chi connectivity index (χ3n) is 5.14. The van der Waals surface area contributed by atoms with Gasteiger partial charge in [-0.25, -0.2) is 0 Å². The second kappa shape index (κ2) is 9.01. The lowest BCUT2D eigenvalue weighted by Crippen LogP contribution is -2.29. The van der Waals surface area contributed by atoms with Crippen LogP contribution in [0.25, 0.3) is 0 Å². The number of hydrogen-bond acceptors (Lipinski definition) is 3. The molecule has 0 saturated heterocycles. The van der Waals surface area contributed by atoms with E-state index in [0.29, 0.717) is 0 Å². The van der Waals surface area contributed by atoms with Crippen LogP contribution in [0.4, 0.5) is 0 Å². The van der Waals surface area contributed by atoms with Crippen LogP contribution in [0, 0.1) is 0 Å². The fourth-order valence-electron chi connectivity index (χ4n) is 3.75. The molecule has 0 aliphatic heterocycles. The van der Waals surface area contributed by atoms with E-state index in [9.17, 15) is 0 Å². The van der Waals surface area contributed by atoms with E-state index in [0.717, 1.165) is 30.1 Å². The molecule has 0 unspecified atom stereocenters. The first-order valence-corrected chi connectivity index (χ1v) is 9.83. The quantitative estimate of drug-likeness (QED) is 0.397. The van der Waals surface area contributed by atoms with Gasteiger partial charge in [-0.15, -0.1) is 0 Å². The maximum atomic E-state index is 5.38. The molecule has 0 amide bonds. The highest BCUT2D eigenvalue weighted by Gasteiger charge is 2.35. The molecule has 3 heteroatoms. The van der Waals surface area contributed by atoms with Crippen molar-refractivity contribution in [3.05, 3.63) is 95.6 Å². The molecule has 3 aromatic rings. The van der Waals surface area contributed by atoms with Crippen molar-refractivity contribution >= 4 is 12.6 Å². The van der Waals surface area contributed by atoms with Gasteiger partial charge in [-0.2, -0.15) is 12.6 Å². The minimum absolute atomic E-state index is 0.247. The Morgan fingerprint density at radius 1 is 0.667 bits per heavy atom. The van der Waals surface area contributed by atoms with Gasteiger partial charge in [0.05, 0.1) is 14.2 Å². The smallest absolute Gasteiger partial charge is 0.118 e. The van der Waals surface area contributed by atoms with Crippen LogP contribution in [0.2, 0.25) is 0 Å². The molecule has 0 aliphatic rings. The number of benzene rings is 3. The van der Waals surface area contributed by atoms with Crippen LogP contribution in [-0.4, -0.2) is 20.0 Å². The Hall–Kier alpha value is -2.39. The molecule has 0 aliphatic carbocycles. The minimum Gasteiger partial charge on any atom is -0.497 e. The number of rotatable bonds is 8. The molecule has 0 fully saturated rings. The highest BCUT2D eigenvalue weighted by atomic mass is 32.1. The van der Waals surface area contributed by atoms with Gasteiger partial charge in [0.2, 0.25) is 0 Å². The van der Waals surface area contributed by atoms with Crippen molar-refractivity contribution in [2.75, 3.05) is 20.0 Å². The van der Waals surface area contributed by atoms with Gasteiger partial charge in [-0.05, 0) is 59.6 Å². The van der Waals surface area contributed by atoms with E-state index in [2.05, 4.69) is 67.2 Å². The van der Waals surface area contributed by atoms with Crippen LogP contribution in [0.15, 0.2) is 78.9 Å². The van der Waals surface area contributed by atoms with Crippen LogP contribution in [0.5, 0.6) is 11.5 Å². The summed E-state index contributed by atoms with van der Waals surface area (Å²) in [6.07, 6.45) is 1.98. The summed E-state index contributed by atoms with van der Waals surface area (Å²) < 4.78 is 10.8. The average Bonchev–Trinajstić information content (AvgIpc) is 2.76. The van der Waals surface area contributed by atoms with Gasteiger partial charge in [0.25, 0.3) is 0 Å². The number of methoxy groups -OCH3 is 2. The van der Waals surface area contributed by atoms with Crippen molar-refractivity contribution in [2.24, 2.45) is 0 Å². The Morgan fingerprint density at radius 3 is 1.52 bits per heavy atom. The molecule has 0 spiro atoms. The minimum atomic E-state index is -0.247. The zero-order valence-electron chi connectivity index (χ0n) is 15.9. The summed E-state index contributed by atoms with van der Waals surface area (Å²) in [6.45, 7) is 0. The average molecular weight is 379 g/mol. The van der Waals surface area contributed by atoms with Gasteiger partial charge < -0.3 is 9.47 Å². The van der Waals surface area contributed by atoms with Gasteiger partial charge in [0.15, 0.2) is 0 Å².